The Labute approximate surface area is 187 Å². The molecule has 4 rings (SSSR count). The van der Waals surface area contributed by atoms with Gasteiger partial charge in [-0.1, -0.05) is 0 Å². The van der Waals surface area contributed by atoms with Gasteiger partial charge >= 0.3 is 12.1 Å². The molecular formula is C20H24F3N5O3S. The summed E-state index contributed by atoms with van der Waals surface area (Å²) < 4.78 is 31.7. The maximum Gasteiger partial charge on any atom is 0.490 e. The first-order valence-corrected chi connectivity index (χ1v) is 10.9. The van der Waals surface area contributed by atoms with E-state index in [1.807, 2.05) is 4.90 Å². The number of carbonyl (C=O) groups is 2. The predicted octanol–water partition coefficient (Wildman–Crippen LogP) is 3.00. The van der Waals surface area contributed by atoms with E-state index in [0.717, 1.165) is 50.6 Å². The molecule has 1 amide bonds. The van der Waals surface area contributed by atoms with E-state index in [1.165, 1.54) is 12.1 Å². The Morgan fingerprint density at radius 1 is 1.22 bits per heavy atom. The number of hydrogen-bond donors (Lipinski definition) is 1. The lowest BCUT2D eigenvalue weighted by atomic mass is 9.79. The molecule has 2 saturated heterocycles. The minimum atomic E-state index is -5.08. The fourth-order valence-corrected chi connectivity index (χ4v) is 4.76. The normalized spacial score (nSPS) is 21.3. The molecule has 2 aromatic heterocycles. The van der Waals surface area contributed by atoms with Gasteiger partial charge in [0.2, 0.25) is 0 Å². The van der Waals surface area contributed by atoms with Crippen molar-refractivity contribution >= 4 is 23.2 Å². The van der Waals surface area contributed by atoms with E-state index in [1.54, 1.807) is 29.9 Å². The molecule has 0 aromatic carbocycles. The van der Waals surface area contributed by atoms with E-state index in [2.05, 4.69) is 32.2 Å². The first kappa shape index (κ1) is 24.1. The van der Waals surface area contributed by atoms with Crippen LogP contribution in [0.1, 0.15) is 40.5 Å². The number of thiazole rings is 1. The van der Waals surface area contributed by atoms with Gasteiger partial charge in [-0.25, -0.2) is 14.8 Å². The van der Waals surface area contributed by atoms with Crippen LogP contribution in [0.2, 0.25) is 0 Å². The van der Waals surface area contributed by atoms with Crippen molar-refractivity contribution in [2.75, 3.05) is 26.2 Å². The number of nitrogens with zero attached hydrogens (tertiary/aromatic N) is 5. The number of amides is 1. The summed E-state index contributed by atoms with van der Waals surface area (Å²) in [5.41, 5.74) is 1.84. The Kier molecular flexibility index (Phi) is 7.44. The van der Waals surface area contributed by atoms with E-state index in [4.69, 9.17) is 9.90 Å². The van der Waals surface area contributed by atoms with Gasteiger partial charge < -0.3 is 10.0 Å². The number of alkyl halides is 3. The highest BCUT2D eigenvalue weighted by molar-refractivity contribution is 7.09. The largest absolute Gasteiger partial charge is 0.490 e. The Hall–Kier alpha value is -2.60. The van der Waals surface area contributed by atoms with Crippen LogP contribution in [0.4, 0.5) is 13.2 Å². The van der Waals surface area contributed by atoms with E-state index in [9.17, 15) is 18.0 Å². The molecule has 0 radical (unpaired) electrons. The van der Waals surface area contributed by atoms with Crippen molar-refractivity contribution in [1.29, 1.82) is 0 Å². The molecule has 0 bridgehead atoms. The number of halogens is 3. The zero-order valence-electron chi connectivity index (χ0n) is 17.5. The van der Waals surface area contributed by atoms with Crippen LogP contribution in [0, 0.1) is 12.3 Å². The monoisotopic (exact) mass is 471 g/mol. The summed E-state index contributed by atoms with van der Waals surface area (Å²) >= 11 is 1.71. The number of hydrogen-bond acceptors (Lipinski definition) is 7. The first-order valence-electron chi connectivity index (χ1n) is 10.1. The van der Waals surface area contributed by atoms with Gasteiger partial charge in [-0.15, -0.1) is 11.3 Å². The number of carboxylic acids is 1. The number of aromatic nitrogens is 3. The van der Waals surface area contributed by atoms with Gasteiger partial charge in [0.15, 0.2) is 0 Å². The molecule has 2 aromatic rings. The maximum atomic E-state index is 12.7. The minimum Gasteiger partial charge on any atom is -0.475 e. The van der Waals surface area contributed by atoms with Gasteiger partial charge in [0, 0.05) is 49.4 Å². The number of rotatable bonds is 3. The summed E-state index contributed by atoms with van der Waals surface area (Å²) in [6, 6.07) is 0. The number of carbonyl (C=O) groups excluding carboxylic acids is 1. The average Bonchev–Trinajstić information content (AvgIpc) is 3.33. The van der Waals surface area contributed by atoms with Crippen LogP contribution in [-0.2, 0) is 11.3 Å². The van der Waals surface area contributed by atoms with Crippen LogP contribution in [0.3, 0.4) is 0 Å². The van der Waals surface area contributed by atoms with Crippen LogP contribution >= 0.6 is 11.3 Å². The smallest absolute Gasteiger partial charge is 0.475 e. The van der Waals surface area contributed by atoms with E-state index < -0.39 is 12.1 Å². The van der Waals surface area contributed by atoms with Gasteiger partial charge in [0.25, 0.3) is 5.91 Å². The van der Waals surface area contributed by atoms with Crippen molar-refractivity contribution in [2.45, 2.75) is 38.9 Å². The van der Waals surface area contributed by atoms with Crippen molar-refractivity contribution in [1.82, 2.24) is 24.8 Å². The fraction of sp³-hybridized carbons (Fsp3) is 0.550. The molecule has 8 nitrogen and oxygen atoms in total. The summed E-state index contributed by atoms with van der Waals surface area (Å²) in [6.07, 6.45) is 3.08. The van der Waals surface area contributed by atoms with Gasteiger partial charge in [0.1, 0.15) is 5.69 Å². The number of piperidine rings is 1. The lowest BCUT2D eigenvalue weighted by molar-refractivity contribution is -0.192. The van der Waals surface area contributed by atoms with Gasteiger partial charge in [-0.05, 0) is 32.7 Å². The van der Waals surface area contributed by atoms with Gasteiger partial charge in [-0.3, -0.25) is 14.7 Å². The molecule has 2 aliphatic rings. The lowest BCUT2D eigenvalue weighted by Gasteiger charge is -2.40. The molecule has 2 aliphatic heterocycles. The molecule has 174 valence electrons. The summed E-state index contributed by atoms with van der Waals surface area (Å²) in [5.74, 6) is -2.74. The Bertz CT molecular complexity index is 940. The van der Waals surface area contributed by atoms with Crippen LogP contribution in [0.5, 0.6) is 0 Å². The highest BCUT2D eigenvalue weighted by Gasteiger charge is 2.42. The Balaban J connectivity index is 0.000000360. The van der Waals surface area contributed by atoms with Crippen molar-refractivity contribution in [2.24, 2.45) is 5.41 Å². The maximum absolute atomic E-state index is 12.7. The molecule has 1 N–H and O–H groups in total. The molecule has 32 heavy (non-hydrogen) atoms. The van der Waals surface area contributed by atoms with E-state index in [0.29, 0.717) is 5.69 Å². The van der Waals surface area contributed by atoms with Crippen molar-refractivity contribution in [3.8, 4) is 0 Å². The van der Waals surface area contributed by atoms with E-state index in [-0.39, 0.29) is 11.3 Å². The summed E-state index contributed by atoms with van der Waals surface area (Å²) in [6.45, 7) is 6.76. The number of likely N-dealkylation sites (tertiary alicyclic amines) is 2. The van der Waals surface area contributed by atoms with Crippen LogP contribution in [0.25, 0.3) is 0 Å². The minimum absolute atomic E-state index is 0.0146. The molecule has 0 saturated carbocycles. The SMILES string of the molecule is Cc1nc(CN2CCC3(CCCN(C(=O)c4cnccn4)C3)C2)cs1.O=C(O)C(F)(F)F. The molecule has 1 unspecified atom stereocenters. The number of aryl methyl sites for hydroxylation is 1. The highest BCUT2D eigenvalue weighted by atomic mass is 32.1. The molecule has 1 atom stereocenters. The average molecular weight is 472 g/mol. The Morgan fingerprint density at radius 2 is 1.97 bits per heavy atom. The predicted molar refractivity (Wildman–Crippen MR) is 110 cm³/mol. The molecule has 2 fully saturated rings. The van der Waals surface area contributed by atoms with Crippen LogP contribution in [-0.4, -0.2) is 74.1 Å². The topological polar surface area (TPSA) is 99.5 Å². The van der Waals surface area contributed by atoms with Crippen molar-refractivity contribution in [3.63, 3.8) is 0 Å². The highest BCUT2D eigenvalue weighted by Crippen LogP contribution is 2.39. The quantitative estimate of drug-likeness (QED) is 0.735. The van der Waals surface area contributed by atoms with Gasteiger partial charge in [0.05, 0.1) is 16.9 Å². The molecule has 12 heteroatoms. The molecule has 0 aliphatic carbocycles. The van der Waals surface area contributed by atoms with Crippen molar-refractivity contribution < 1.29 is 27.9 Å². The fourth-order valence-electron chi connectivity index (χ4n) is 4.16. The Morgan fingerprint density at radius 3 is 2.56 bits per heavy atom. The summed E-state index contributed by atoms with van der Waals surface area (Å²) in [7, 11) is 0. The second-order valence-electron chi connectivity index (χ2n) is 8.04. The standard InChI is InChI=1S/C18H23N5OS.C2HF3O2/c1-14-21-15(11-25-14)10-22-8-4-18(12-22)3-2-7-23(13-18)17(24)16-9-19-5-6-20-16;3-2(4,5)1(6)7/h5-6,9,11H,2-4,7-8,10,12-13H2,1H3;(H,6,7). The zero-order valence-corrected chi connectivity index (χ0v) is 18.3. The van der Waals surface area contributed by atoms with Crippen molar-refractivity contribution in [3.05, 3.63) is 40.4 Å². The summed E-state index contributed by atoms with van der Waals surface area (Å²) in [5, 5.41) is 10.4. The third-order valence-electron chi connectivity index (χ3n) is 5.54. The summed E-state index contributed by atoms with van der Waals surface area (Å²) in [4.78, 5) is 38.9. The zero-order chi connectivity index (χ0) is 23.4. The second kappa shape index (κ2) is 9.90. The van der Waals surface area contributed by atoms with E-state index >= 15 is 0 Å². The van der Waals surface area contributed by atoms with Crippen LogP contribution < -0.4 is 0 Å². The third-order valence-corrected chi connectivity index (χ3v) is 6.37. The van der Waals surface area contributed by atoms with Crippen LogP contribution in [0.15, 0.2) is 24.0 Å². The lowest BCUT2D eigenvalue weighted by Crippen LogP contribution is -2.47. The number of aliphatic carboxylic acids is 1. The molecule has 1 spiro atoms. The first-order chi connectivity index (χ1) is 15.1. The number of carboxylic acid groups (broad SMARTS) is 1. The second-order valence-corrected chi connectivity index (χ2v) is 9.10. The molecular weight excluding hydrogens is 447 g/mol. The third kappa shape index (κ3) is 6.22. The molecule has 4 heterocycles. The van der Waals surface area contributed by atoms with Gasteiger partial charge in [-0.2, -0.15) is 13.2 Å².